The van der Waals surface area contributed by atoms with Crippen LogP contribution in [0.5, 0.6) is 0 Å². The van der Waals surface area contributed by atoms with Gasteiger partial charge in [-0.2, -0.15) is 0 Å². The number of hydrogen-bond donors (Lipinski definition) is 0. The van der Waals surface area contributed by atoms with Crippen LogP contribution in [0.25, 0.3) is 0 Å². The fourth-order valence-corrected chi connectivity index (χ4v) is 0.733. The van der Waals surface area contributed by atoms with Crippen molar-refractivity contribution in [2.45, 2.75) is 6.92 Å². The van der Waals surface area contributed by atoms with Gasteiger partial charge in [0.2, 0.25) is 5.91 Å². The summed E-state index contributed by atoms with van der Waals surface area (Å²) in [6.07, 6.45) is 3.66. The van der Waals surface area contributed by atoms with Gasteiger partial charge in [-0.15, -0.1) is 0 Å². The van der Waals surface area contributed by atoms with E-state index in [0.29, 0.717) is 6.67 Å². The summed E-state index contributed by atoms with van der Waals surface area (Å²) in [5, 5.41) is 0. The van der Waals surface area contributed by atoms with Crippen LogP contribution in [-0.2, 0) is 4.79 Å². The highest BCUT2D eigenvalue weighted by Gasteiger charge is 2.10. The van der Waals surface area contributed by atoms with E-state index in [1.54, 1.807) is 18.0 Å². The van der Waals surface area contributed by atoms with Crippen LogP contribution in [0.1, 0.15) is 6.92 Å². The van der Waals surface area contributed by atoms with Gasteiger partial charge >= 0.3 is 0 Å². The first-order chi connectivity index (χ1) is 4.20. The molecule has 0 unspecified atom stereocenters. The summed E-state index contributed by atoms with van der Waals surface area (Å²) in [5.74, 6) is 0.0931. The SMILES string of the molecule is CC(=O)N1C=CN(C)C1. The summed E-state index contributed by atoms with van der Waals surface area (Å²) in [7, 11) is 1.93. The Morgan fingerprint density at radius 1 is 1.56 bits per heavy atom. The van der Waals surface area contributed by atoms with E-state index in [9.17, 15) is 4.79 Å². The summed E-state index contributed by atoms with van der Waals surface area (Å²) >= 11 is 0. The molecule has 0 atom stereocenters. The normalized spacial score (nSPS) is 17.1. The van der Waals surface area contributed by atoms with Crippen molar-refractivity contribution in [3.8, 4) is 0 Å². The van der Waals surface area contributed by atoms with Gasteiger partial charge in [-0.1, -0.05) is 0 Å². The smallest absolute Gasteiger partial charge is 0.224 e. The molecule has 0 saturated carbocycles. The summed E-state index contributed by atoms with van der Waals surface area (Å²) in [6, 6.07) is 0. The molecule has 0 N–H and O–H groups in total. The second-order valence-corrected chi connectivity index (χ2v) is 2.19. The first-order valence-corrected chi connectivity index (χ1v) is 2.86. The zero-order valence-corrected chi connectivity index (χ0v) is 5.66. The Labute approximate surface area is 54.5 Å². The van der Waals surface area contributed by atoms with Gasteiger partial charge in [0.25, 0.3) is 0 Å². The van der Waals surface area contributed by atoms with Crippen LogP contribution in [0.2, 0.25) is 0 Å². The fourth-order valence-electron chi connectivity index (χ4n) is 0.733. The minimum absolute atomic E-state index is 0.0931. The number of rotatable bonds is 0. The van der Waals surface area contributed by atoms with E-state index in [0.717, 1.165) is 0 Å². The Balaban J connectivity index is 2.50. The Morgan fingerprint density at radius 3 is 2.44 bits per heavy atom. The van der Waals surface area contributed by atoms with Crippen molar-refractivity contribution in [2.75, 3.05) is 13.7 Å². The van der Waals surface area contributed by atoms with Gasteiger partial charge in [0.05, 0.1) is 6.67 Å². The molecule has 0 radical (unpaired) electrons. The molecule has 1 heterocycles. The number of carbonyl (C=O) groups excluding carboxylic acids is 1. The third kappa shape index (κ3) is 1.22. The Bertz CT molecular complexity index is 153. The van der Waals surface area contributed by atoms with E-state index in [2.05, 4.69) is 0 Å². The van der Waals surface area contributed by atoms with E-state index >= 15 is 0 Å². The molecule has 3 nitrogen and oxygen atoms in total. The number of amides is 1. The lowest BCUT2D eigenvalue weighted by Crippen LogP contribution is -2.26. The van der Waals surface area contributed by atoms with Gasteiger partial charge in [-0.05, 0) is 0 Å². The summed E-state index contributed by atoms with van der Waals surface area (Å²) in [5.41, 5.74) is 0. The Hall–Kier alpha value is -0.990. The molecule has 3 heteroatoms. The molecule has 9 heavy (non-hydrogen) atoms. The lowest BCUT2D eigenvalue weighted by molar-refractivity contribution is -0.126. The average molecular weight is 126 g/mol. The molecule has 0 spiro atoms. The molecule has 50 valence electrons. The lowest BCUT2D eigenvalue weighted by Gasteiger charge is -2.13. The van der Waals surface area contributed by atoms with Crippen molar-refractivity contribution in [1.29, 1.82) is 0 Å². The molecule has 0 aromatic heterocycles. The van der Waals surface area contributed by atoms with Gasteiger partial charge in [0.15, 0.2) is 0 Å². The zero-order valence-electron chi connectivity index (χ0n) is 5.66. The van der Waals surface area contributed by atoms with Gasteiger partial charge in [0.1, 0.15) is 0 Å². The van der Waals surface area contributed by atoms with Crippen LogP contribution in [0, 0.1) is 0 Å². The first kappa shape index (κ1) is 6.13. The molecule has 0 aromatic rings. The van der Waals surface area contributed by atoms with Gasteiger partial charge in [0, 0.05) is 26.4 Å². The lowest BCUT2D eigenvalue weighted by atomic mass is 10.6. The Kier molecular flexibility index (Phi) is 1.42. The van der Waals surface area contributed by atoms with Crippen LogP contribution in [0.3, 0.4) is 0 Å². The minimum Gasteiger partial charge on any atom is -0.361 e. The summed E-state index contributed by atoms with van der Waals surface area (Å²) in [6.45, 7) is 2.25. The van der Waals surface area contributed by atoms with E-state index in [4.69, 9.17) is 0 Å². The maximum absolute atomic E-state index is 10.6. The summed E-state index contributed by atoms with van der Waals surface area (Å²) < 4.78 is 0. The van der Waals surface area contributed by atoms with Crippen LogP contribution < -0.4 is 0 Å². The van der Waals surface area contributed by atoms with Gasteiger partial charge in [-0.3, -0.25) is 9.69 Å². The van der Waals surface area contributed by atoms with E-state index in [1.165, 1.54) is 0 Å². The van der Waals surface area contributed by atoms with Gasteiger partial charge < -0.3 is 4.90 Å². The average Bonchev–Trinajstić information content (AvgIpc) is 2.14. The Morgan fingerprint density at radius 2 is 2.22 bits per heavy atom. The molecule has 0 aromatic carbocycles. The highest BCUT2D eigenvalue weighted by molar-refractivity contribution is 5.74. The van der Waals surface area contributed by atoms with E-state index in [-0.39, 0.29) is 5.91 Å². The van der Waals surface area contributed by atoms with Gasteiger partial charge in [-0.25, -0.2) is 0 Å². The molecule has 1 amide bonds. The molecule has 0 aliphatic carbocycles. The maximum atomic E-state index is 10.6. The second-order valence-electron chi connectivity index (χ2n) is 2.19. The minimum atomic E-state index is 0.0931. The second kappa shape index (κ2) is 2.09. The topological polar surface area (TPSA) is 23.6 Å². The molecule has 1 rings (SSSR count). The maximum Gasteiger partial charge on any atom is 0.224 e. The predicted molar refractivity (Wildman–Crippen MR) is 34.3 cm³/mol. The predicted octanol–water partition coefficient (Wildman–Crippen LogP) is 0.209. The van der Waals surface area contributed by atoms with E-state index < -0.39 is 0 Å². The highest BCUT2D eigenvalue weighted by atomic mass is 16.2. The molecular weight excluding hydrogens is 116 g/mol. The van der Waals surface area contributed by atoms with Crippen LogP contribution in [0.15, 0.2) is 12.4 Å². The third-order valence-corrected chi connectivity index (χ3v) is 1.28. The van der Waals surface area contributed by atoms with Crippen molar-refractivity contribution >= 4 is 5.91 Å². The standard InChI is InChI=1S/C6H10N2O/c1-6(9)8-4-3-7(2)5-8/h3-4H,5H2,1-2H3. The molecule has 0 bridgehead atoms. The number of hydrogen-bond acceptors (Lipinski definition) is 2. The fraction of sp³-hybridized carbons (Fsp3) is 0.500. The highest BCUT2D eigenvalue weighted by Crippen LogP contribution is 2.02. The van der Waals surface area contributed by atoms with Crippen LogP contribution in [-0.4, -0.2) is 29.4 Å². The quantitative estimate of drug-likeness (QED) is 0.463. The molecule has 0 saturated heterocycles. The van der Waals surface area contributed by atoms with Crippen molar-refractivity contribution in [1.82, 2.24) is 9.80 Å². The first-order valence-electron chi connectivity index (χ1n) is 2.86. The zero-order chi connectivity index (χ0) is 6.85. The van der Waals surface area contributed by atoms with Crippen molar-refractivity contribution in [3.63, 3.8) is 0 Å². The number of nitrogens with zero attached hydrogens (tertiary/aromatic N) is 2. The molecule has 1 aliphatic rings. The van der Waals surface area contributed by atoms with Crippen LogP contribution >= 0.6 is 0 Å². The molecule has 0 fully saturated rings. The monoisotopic (exact) mass is 126 g/mol. The third-order valence-electron chi connectivity index (χ3n) is 1.28. The van der Waals surface area contributed by atoms with E-state index in [1.807, 2.05) is 18.1 Å². The van der Waals surface area contributed by atoms with Crippen molar-refractivity contribution in [2.24, 2.45) is 0 Å². The van der Waals surface area contributed by atoms with Crippen molar-refractivity contribution in [3.05, 3.63) is 12.4 Å². The molecular formula is C6H10N2O. The molecule has 1 aliphatic heterocycles. The van der Waals surface area contributed by atoms with Crippen LogP contribution in [0.4, 0.5) is 0 Å². The summed E-state index contributed by atoms with van der Waals surface area (Å²) in [4.78, 5) is 14.2. The largest absolute Gasteiger partial charge is 0.361 e. The number of carbonyl (C=O) groups is 1. The van der Waals surface area contributed by atoms with Crippen molar-refractivity contribution < 1.29 is 4.79 Å².